The van der Waals surface area contributed by atoms with Crippen molar-refractivity contribution in [3.05, 3.63) is 41.7 Å². The molecule has 0 spiro atoms. The molecule has 152 valence electrons. The van der Waals surface area contributed by atoms with Gasteiger partial charge in [-0.15, -0.1) is 11.3 Å². The van der Waals surface area contributed by atoms with Crippen molar-refractivity contribution in [1.82, 2.24) is 14.9 Å². The number of benzene rings is 1. The lowest BCUT2D eigenvalue weighted by Gasteiger charge is -2.40. The fourth-order valence-corrected chi connectivity index (χ4v) is 4.90. The predicted molar refractivity (Wildman–Crippen MR) is 115 cm³/mol. The molecule has 1 N–H and O–H groups in total. The summed E-state index contributed by atoms with van der Waals surface area (Å²) in [4.78, 5) is 13.5. The van der Waals surface area contributed by atoms with E-state index < -0.39 is 0 Å². The molecule has 8 heteroatoms. The Morgan fingerprint density at radius 1 is 1.10 bits per heavy atom. The van der Waals surface area contributed by atoms with Gasteiger partial charge in [-0.2, -0.15) is 0 Å². The molecule has 0 aliphatic carbocycles. The molecule has 6 nitrogen and oxygen atoms in total. The lowest BCUT2D eigenvalue weighted by molar-refractivity contribution is 0.0115. The lowest BCUT2D eigenvalue weighted by atomic mass is 10.0. The van der Waals surface area contributed by atoms with Crippen molar-refractivity contribution in [3.63, 3.8) is 0 Å². The van der Waals surface area contributed by atoms with Crippen molar-refractivity contribution in [2.45, 2.75) is 18.9 Å². The summed E-state index contributed by atoms with van der Waals surface area (Å²) in [5.74, 6) is 0.269. The number of morpholine rings is 1. The zero-order valence-electron chi connectivity index (χ0n) is 16.2. The van der Waals surface area contributed by atoms with E-state index in [-0.39, 0.29) is 5.82 Å². The first-order chi connectivity index (χ1) is 14.3. The second-order valence-electron chi connectivity index (χ2n) is 7.52. The average Bonchev–Trinajstić information content (AvgIpc) is 3.23. The number of thiophene rings is 1. The summed E-state index contributed by atoms with van der Waals surface area (Å²) in [5.41, 5.74) is 2.22. The normalized spacial score (nSPS) is 19.0. The SMILES string of the molecule is Fc1cc(Nc2ncc3sccc3n2)ccc1N1CCC(N2CCOCC2)CC1. The number of nitrogens with one attached hydrogen (secondary N) is 1. The van der Waals surface area contributed by atoms with Gasteiger partial charge in [-0.05, 0) is 42.5 Å². The van der Waals surface area contributed by atoms with E-state index in [9.17, 15) is 4.39 Å². The second kappa shape index (κ2) is 8.22. The molecule has 0 atom stereocenters. The average molecular weight is 414 g/mol. The van der Waals surface area contributed by atoms with E-state index in [1.165, 1.54) is 6.07 Å². The minimum Gasteiger partial charge on any atom is -0.379 e. The van der Waals surface area contributed by atoms with Crippen molar-refractivity contribution in [2.75, 3.05) is 49.6 Å². The molecule has 4 heterocycles. The van der Waals surface area contributed by atoms with E-state index in [2.05, 4.69) is 25.1 Å². The van der Waals surface area contributed by atoms with Gasteiger partial charge < -0.3 is 15.0 Å². The van der Waals surface area contributed by atoms with Gasteiger partial charge in [0.1, 0.15) is 5.82 Å². The van der Waals surface area contributed by atoms with Crippen LogP contribution < -0.4 is 10.2 Å². The molecule has 2 aromatic heterocycles. The van der Waals surface area contributed by atoms with Gasteiger partial charge >= 0.3 is 0 Å². The van der Waals surface area contributed by atoms with Crippen molar-refractivity contribution in [1.29, 1.82) is 0 Å². The van der Waals surface area contributed by atoms with E-state index in [1.54, 1.807) is 17.5 Å². The monoisotopic (exact) mass is 413 g/mol. The van der Waals surface area contributed by atoms with E-state index in [1.807, 2.05) is 23.6 Å². The second-order valence-corrected chi connectivity index (χ2v) is 8.47. The van der Waals surface area contributed by atoms with Gasteiger partial charge in [0.05, 0.1) is 35.3 Å². The van der Waals surface area contributed by atoms with Crippen LogP contribution in [0.1, 0.15) is 12.8 Å². The molecule has 5 rings (SSSR count). The molecule has 2 aliphatic heterocycles. The number of fused-ring (bicyclic) bond motifs is 1. The van der Waals surface area contributed by atoms with Crippen LogP contribution in [0.5, 0.6) is 0 Å². The number of aromatic nitrogens is 2. The highest BCUT2D eigenvalue weighted by molar-refractivity contribution is 7.17. The highest BCUT2D eigenvalue weighted by Crippen LogP contribution is 2.28. The molecular weight excluding hydrogens is 389 g/mol. The van der Waals surface area contributed by atoms with Crippen molar-refractivity contribution < 1.29 is 9.13 Å². The van der Waals surface area contributed by atoms with Crippen LogP contribution >= 0.6 is 11.3 Å². The molecule has 0 saturated carbocycles. The van der Waals surface area contributed by atoms with Gasteiger partial charge in [-0.3, -0.25) is 4.90 Å². The Bertz CT molecular complexity index is 982. The Kier molecular flexibility index (Phi) is 5.30. The number of nitrogens with zero attached hydrogens (tertiary/aromatic N) is 4. The molecule has 0 amide bonds. The Morgan fingerprint density at radius 3 is 2.72 bits per heavy atom. The molecule has 29 heavy (non-hydrogen) atoms. The number of rotatable bonds is 4. The largest absolute Gasteiger partial charge is 0.379 e. The first-order valence-electron chi connectivity index (χ1n) is 10.1. The smallest absolute Gasteiger partial charge is 0.227 e. The van der Waals surface area contributed by atoms with Crippen LogP contribution in [-0.4, -0.2) is 60.3 Å². The Hall–Kier alpha value is -2.29. The van der Waals surface area contributed by atoms with Gasteiger partial charge in [0.25, 0.3) is 0 Å². The van der Waals surface area contributed by atoms with Gasteiger partial charge in [-0.25, -0.2) is 14.4 Å². The lowest BCUT2D eigenvalue weighted by Crippen LogP contribution is -2.49. The van der Waals surface area contributed by atoms with Crippen LogP contribution in [0.25, 0.3) is 10.2 Å². The molecule has 0 unspecified atom stereocenters. The number of ether oxygens (including phenoxy) is 1. The number of hydrogen-bond acceptors (Lipinski definition) is 7. The maximum Gasteiger partial charge on any atom is 0.227 e. The van der Waals surface area contributed by atoms with Crippen LogP contribution in [-0.2, 0) is 4.74 Å². The standard InChI is InChI=1S/C21H24FN5OS/c22-17-13-15(24-21-23-14-20-18(25-21)5-12-29-20)1-2-19(17)27-6-3-16(4-7-27)26-8-10-28-11-9-26/h1-2,5,12-14,16H,3-4,6-11H2,(H,23,24,25). The van der Waals surface area contributed by atoms with Crippen molar-refractivity contribution >= 4 is 38.9 Å². The molecule has 2 saturated heterocycles. The number of hydrogen-bond donors (Lipinski definition) is 1. The molecule has 0 radical (unpaired) electrons. The van der Waals surface area contributed by atoms with E-state index in [4.69, 9.17) is 4.74 Å². The molecular formula is C21H24FN5OS. The summed E-state index contributed by atoms with van der Waals surface area (Å²) < 4.78 is 21.3. The first-order valence-corrected chi connectivity index (χ1v) is 11.0. The molecule has 2 aliphatic rings. The number of piperidine rings is 1. The quantitative estimate of drug-likeness (QED) is 0.701. The summed E-state index contributed by atoms with van der Waals surface area (Å²) in [6, 6.07) is 7.83. The fraction of sp³-hybridized carbons (Fsp3) is 0.429. The van der Waals surface area contributed by atoms with Crippen molar-refractivity contribution in [2.24, 2.45) is 0 Å². The summed E-state index contributed by atoms with van der Waals surface area (Å²) in [6.07, 6.45) is 3.92. The van der Waals surface area contributed by atoms with Gasteiger partial charge in [0.2, 0.25) is 5.95 Å². The summed E-state index contributed by atoms with van der Waals surface area (Å²) in [6.45, 7) is 5.43. The zero-order chi connectivity index (χ0) is 19.6. The van der Waals surface area contributed by atoms with Gasteiger partial charge in [-0.1, -0.05) is 0 Å². The topological polar surface area (TPSA) is 53.5 Å². The summed E-state index contributed by atoms with van der Waals surface area (Å²) in [7, 11) is 0. The molecule has 2 fully saturated rings. The molecule has 3 aromatic rings. The zero-order valence-corrected chi connectivity index (χ0v) is 17.0. The van der Waals surface area contributed by atoms with Crippen molar-refractivity contribution in [3.8, 4) is 0 Å². The van der Waals surface area contributed by atoms with E-state index in [0.29, 0.717) is 23.4 Å². The minimum atomic E-state index is -0.212. The van der Waals surface area contributed by atoms with Crippen LogP contribution in [0, 0.1) is 5.82 Å². The van der Waals surface area contributed by atoms with Gasteiger partial charge in [0, 0.05) is 37.9 Å². The van der Waals surface area contributed by atoms with E-state index in [0.717, 1.165) is 62.5 Å². The molecule has 0 bridgehead atoms. The third-order valence-electron chi connectivity index (χ3n) is 5.77. The minimum absolute atomic E-state index is 0.212. The summed E-state index contributed by atoms with van der Waals surface area (Å²) >= 11 is 1.60. The molecule has 1 aromatic carbocycles. The third-order valence-corrected chi connectivity index (χ3v) is 6.62. The van der Waals surface area contributed by atoms with Crippen LogP contribution in [0.2, 0.25) is 0 Å². The highest BCUT2D eigenvalue weighted by atomic mass is 32.1. The van der Waals surface area contributed by atoms with Crippen LogP contribution in [0.3, 0.4) is 0 Å². The number of anilines is 3. The maximum atomic E-state index is 14.8. The number of halogens is 1. The Labute approximate surface area is 173 Å². The Morgan fingerprint density at radius 2 is 1.93 bits per heavy atom. The first kappa shape index (κ1) is 18.7. The maximum absolute atomic E-state index is 14.8. The van der Waals surface area contributed by atoms with E-state index >= 15 is 0 Å². The Balaban J connectivity index is 1.24. The summed E-state index contributed by atoms with van der Waals surface area (Å²) in [5, 5.41) is 5.10. The van der Waals surface area contributed by atoms with Crippen LogP contribution in [0.15, 0.2) is 35.8 Å². The van der Waals surface area contributed by atoms with Gasteiger partial charge in [0.15, 0.2) is 0 Å². The third kappa shape index (κ3) is 4.05. The fourth-order valence-electron chi connectivity index (χ4n) is 4.21. The highest BCUT2D eigenvalue weighted by Gasteiger charge is 2.26. The predicted octanol–water partition coefficient (Wildman–Crippen LogP) is 3.88. The van der Waals surface area contributed by atoms with Crippen LogP contribution in [0.4, 0.5) is 21.7 Å².